The summed E-state index contributed by atoms with van der Waals surface area (Å²) in [6.45, 7) is 2.13. The van der Waals surface area contributed by atoms with E-state index < -0.39 is 11.2 Å². The minimum absolute atomic E-state index is 0.287. The lowest BCUT2D eigenvalue weighted by Crippen LogP contribution is -2.33. The Morgan fingerprint density at radius 1 is 0.676 bits per heavy atom. The molecule has 2 bridgehead atoms. The van der Waals surface area contributed by atoms with Crippen molar-refractivity contribution in [3.05, 3.63) is 149 Å². The maximum Gasteiger partial charge on any atom is 0.338 e. The van der Waals surface area contributed by atoms with Crippen molar-refractivity contribution in [2.24, 2.45) is 0 Å². The zero-order chi connectivity index (χ0) is 23.2. The van der Waals surface area contributed by atoms with Crippen LogP contribution in [-0.2, 0) is 25.5 Å². The second kappa shape index (κ2) is 7.82. The average molecular weight is 445 g/mol. The van der Waals surface area contributed by atoms with E-state index in [1.165, 1.54) is 0 Å². The normalized spacial score (nSPS) is 22.5. The highest BCUT2D eigenvalue weighted by Gasteiger charge is 2.67. The van der Waals surface area contributed by atoms with E-state index in [0.717, 1.165) is 33.4 Å². The Balaban J connectivity index is 1.80. The van der Waals surface area contributed by atoms with Crippen LogP contribution < -0.4 is 0 Å². The standard InChI is InChI=1S/C31H24O3/c1-2-33-29(32)28-27(22-14-6-3-7-15-22)30(23-16-8-4-9-17-23)25-20-12-13-21-26(25)31(28,34-30)24-18-10-5-11-19-24/h3-21H,2H2,1H3/t30-,31+/m1/s1. The number of fused-ring (bicyclic) bond motifs is 5. The number of carbonyl (C=O) groups excluding carboxylic acids is 1. The summed E-state index contributed by atoms with van der Waals surface area (Å²) in [4.78, 5) is 13.8. The van der Waals surface area contributed by atoms with Crippen LogP contribution in [0.3, 0.4) is 0 Å². The third-order valence-electron chi connectivity index (χ3n) is 6.85. The summed E-state index contributed by atoms with van der Waals surface area (Å²) in [6, 6.07) is 38.5. The number of rotatable bonds is 5. The van der Waals surface area contributed by atoms with Crippen molar-refractivity contribution in [2.45, 2.75) is 18.1 Å². The van der Waals surface area contributed by atoms with Crippen LogP contribution in [0.25, 0.3) is 5.57 Å². The fourth-order valence-corrected chi connectivity index (χ4v) is 5.62. The minimum Gasteiger partial charge on any atom is -0.463 e. The fourth-order valence-electron chi connectivity index (χ4n) is 5.62. The monoisotopic (exact) mass is 444 g/mol. The van der Waals surface area contributed by atoms with Crippen LogP contribution >= 0.6 is 0 Å². The quantitative estimate of drug-likeness (QED) is 0.342. The average Bonchev–Trinajstić information content (AvgIpc) is 3.40. The lowest BCUT2D eigenvalue weighted by Gasteiger charge is -2.32. The van der Waals surface area contributed by atoms with Crippen molar-refractivity contribution < 1.29 is 14.3 Å². The van der Waals surface area contributed by atoms with Gasteiger partial charge in [0, 0.05) is 5.57 Å². The van der Waals surface area contributed by atoms with Crippen LogP contribution in [0.1, 0.15) is 34.7 Å². The van der Waals surface area contributed by atoms with E-state index in [9.17, 15) is 4.79 Å². The van der Waals surface area contributed by atoms with Crippen molar-refractivity contribution in [3.8, 4) is 0 Å². The van der Waals surface area contributed by atoms with Crippen LogP contribution in [0.4, 0.5) is 0 Å². The zero-order valence-corrected chi connectivity index (χ0v) is 18.9. The molecule has 2 atom stereocenters. The number of hydrogen-bond donors (Lipinski definition) is 0. The highest BCUT2D eigenvalue weighted by molar-refractivity contribution is 6.07. The molecule has 0 spiro atoms. The van der Waals surface area contributed by atoms with E-state index in [0.29, 0.717) is 5.57 Å². The maximum absolute atomic E-state index is 13.8. The first kappa shape index (κ1) is 20.6. The van der Waals surface area contributed by atoms with Gasteiger partial charge in [0.1, 0.15) is 5.60 Å². The molecule has 0 unspecified atom stereocenters. The van der Waals surface area contributed by atoms with Gasteiger partial charge in [-0.1, -0.05) is 115 Å². The Kier molecular flexibility index (Phi) is 4.75. The molecule has 3 nitrogen and oxygen atoms in total. The topological polar surface area (TPSA) is 35.5 Å². The van der Waals surface area contributed by atoms with E-state index in [-0.39, 0.29) is 12.6 Å². The lowest BCUT2D eigenvalue weighted by molar-refractivity contribution is -0.141. The number of carbonyl (C=O) groups is 1. The van der Waals surface area contributed by atoms with Crippen molar-refractivity contribution in [1.82, 2.24) is 0 Å². The second-order valence-corrected chi connectivity index (χ2v) is 8.58. The van der Waals surface area contributed by atoms with Gasteiger partial charge in [0.05, 0.1) is 12.2 Å². The van der Waals surface area contributed by atoms with Crippen molar-refractivity contribution in [2.75, 3.05) is 6.61 Å². The predicted molar refractivity (Wildman–Crippen MR) is 132 cm³/mol. The first-order chi connectivity index (χ1) is 16.7. The van der Waals surface area contributed by atoms with Crippen LogP contribution in [0.2, 0.25) is 0 Å². The lowest BCUT2D eigenvalue weighted by atomic mass is 9.66. The van der Waals surface area contributed by atoms with Gasteiger partial charge in [-0.05, 0) is 34.7 Å². The SMILES string of the molecule is CCOC(=O)C1=C(c2ccccc2)[C@]2(c3ccccc3)O[C@@]1(c1ccccc1)c1ccccc12. The molecule has 166 valence electrons. The molecule has 6 rings (SSSR count). The molecule has 0 fully saturated rings. The Bertz CT molecular complexity index is 1390. The third kappa shape index (κ3) is 2.65. The van der Waals surface area contributed by atoms with Gasteiger partial charge in [-0.25, -0.2) is 4.79 Å². The number of ether oxygens (including phenoxy) is 2. The van der Waals surface area contributed by atoms with E-state index in [4.69, 9.17) is 9.47 Å². The van der Waals surface area contributed by atoms with E-state index in [2.05, 4.69) is 24.3 Å². The number of hydrogen-bond acceptors (Lipinski definition) is 3. The van der Waals surface area contributed by atoms with Gasteiger partial charge in [-0.2, -0.15) is 0 Å². The molecule has 2 heterocycles. The minimum atomic E-state index is -1.08. The molecule has 2 aliphatic rings. The van der Waals surface area contributed by atoms with Crippen molar-refractivity contribution in [3.63, 3.8) is 0 Å². The molecule has 0 N–H and O–H groups in total. The van der Waals surface area contributed by atoms with Crippen LogP contribution in [0.5, 0.6) is 0 Å². The summed E-state index contributed by atoms with van der Waals surface area (Å²) in [5.74, 6) is -0.350. The largest absolute Gasteiger partial charge is 0.463 e. The Morgan fingerprint density at radius 2 is 1.15 bits per heavy atom. The summed E-state index contributed by atoms with van der Waals surface area (Å²) >= 11 is 0. The molecule has 2 aliphatic heterocycles. The molecule has 34 heavy (non-hydrogen) atoms. The molecule has 3 heteroatoms. The van der Waals surface area contributed by atoms with Crippen LogP contribution in [0.15, 0.2) is 121 Å². The molecule has 0 aliphatic carbocycles. The van der Waals surface area contributed by atoms with Gasteiger partial charge < -0.3 is 9.47 Å². The Morgan fingerprint density at radius 3 is 1.71 bits per heavy atom. The second-order valence-electron chi connectivity index (χ2n) is 8.58. The Labute approximate surface area is 199 Å². The van der Waals surface area contributed by atoms with Crippen molar-refractivity contribution in [1.29, 1.82) is 0 Å². The third-order valence-corrected chi connectivity index (χ3v) is 6.85. The summed E-state index contributed by atoms with van der Waals surface area (Å²) < 4.78 is 13.0. The molecule has 0 aromatic heterocycles. The number of esters is 1. The molecular formula is C31H24O3. The molecule has 0 saturated heterocycles. The fraction of sp³-hybridized carbons (Fsp3) is 0.129. The smallest absolute Gasteiger partial charge is 0.338 e. The molecule has 0 amide bonds. The van der Waals surface area contributed by atoms with Gasteiger partial charge in [-0.15, -0.1) is 0 Å². The van der Waals surface area contributed by atoms with E-state index >= 15 is 0 Å². The zero-order valence-electron chi connectivity index (χ0n) is 18.9. The molecular weight excluding hydrogens is 420 g/mol. The molecule has 0 radical (unpaired) electrons. The molecule has 4 aromatic carbocycles. The van der Waals surface area contributed by atoms with Crippen molar-refractivity contribution >= 4 is 11.5 Å². The van der Waals surface area contributed by atoms with E-state index in [1.54, 1.807) is 0 Å². The molecule has 0 saturated carbocycles. The van der Waals surface area contributed by atoms with Gasteiger partial charge in [0.15, 0.2) is 5.60 Å². The first-order valence-electron chi connectivity index (χ1n) is 11.6. The highest BCUT2D eigenvalue weighted by atomic mass is 16.6. The molecule has 4 aromatic rings. The van der Waals surface area contributed by atoms with Gasteiger partial charge in [-0.3, -0.25) is 0 Å². The Hall–Kier alpha value is -3.95. The summed E-state index contributed by atoms with van der Waals surface area (Å²) in [7, 11) is 0. The van der Waals surface area contributed by atoms with Crippen LogP contribution in [0, 0.1) is 0 Å². The van der Waals surface area contributed by atoms with E-state index in [1.807, 2.05) is 97.9 Å². The summed E-state index contributed by atoms with van der Waals surface area (Å²) in [5, 5.41) is 0. The van der Waals surface area contributed by atoms with Gasteiger partial charge in [0.2, 0.25) is 0 Å². The number of benzene rings is 4. The first-order valence-corrected chi connectivity index (χ1v) is 11.6. The van der Waals surface area contributed by atoms with Gasteiger partial charge in [0.25, 0.3) is 0 Å². The summed E-state index contributed by atoms with van der Waals surface area (Å²) in [6.07, 6.45) is 0. The predicted octanol–water partition coefficient (Wildman–Crippen LogP) is 6.23. The summed E-state index contributed by atoms with van der Waals surface area (Å²) in [5.41, 5.74) is 4.25. The maximum atomic E-state index is 13.8. The van der Waals surface area contributed by atoms with Crippen LogP contribution in [-0.4, -0.2) is 12.6 Å². The van der Waals surface area contributed by atoms with Gasteiger partial charge >= 0.3 is 5.97 Å². The highest BCUT2D eigenvalue weighted by Crippen LogP contribution is 2.68.